The Balaban J connectivity index is 0.000000181. The number of carbonyl (C=O) groups excluding carboxylic acids is 2. The summed E-state index contributed by atoms with van der Waals surface area (Å²) in [6.07, 6.45) is -4.84. The van der Waals surface area contributed by atoms with Crippen molar-refractivity contribution < 1.29 is 60.4 Å². The number of aromatic nitrogens is 2. The van der Waals surface area contributed by atoms with Gasteiger partial charge in [0.25, 0.3) is 11.1 Å². The van der Waals surface area contributed by atoms with E-state index in [9.17, 15) is 37.1 Å². The third-order valence-electron chi connectivity index (χ3n) is 8.92. The number of benzene rings is 4. The van der Waals surface area contributed by atoms with E-state index in [0.29, 0.717) is 44.1 Å². The average Bonchev–Trinajstić information content (AvgIpc) is 3.77. The molecule has 0 aliphatic rings. The van der Waals surface area contributed by atoms with Crippen LogP contribution in [0.1, 0.15) is 34.6 Å². The molecule has 0 radical (unpaired) electrons. The van der Waals surface area contributed by atoms with E-state index in [4.69, 9.17) is 28.2 Å². The molecule has 8 aromatic rings. The number of furan rings is 2. The summed E-state index contributed by atoms with van der Waals surface area (Å²) in [5, 5.41) is 10.3. The smallest absolute Gasteiger partial charge is 0.481 e. The summed E-state index contributed by atoms with van der Waals surface area (Å²) in [6.45, 7) is 2.75. The Bertz CT molecular complexity index is 3050. The Hall–Kier alpha value is -7.82. The standard InChI is InChI=1S/C22H17NO7.C21H14F3NO5/c1-2-28-22(27)18-17(12-7-3-5-9-14(12)29-11-16(24)25)20-19(23-21(18)26)13-8-4-6-10-15(13)30-20;1-2-28-20(27)16-15(11-7-9-12(10-8-11)30-21(22,23)24)18-17(25-19(16)26)13-5-3-4-6-14(13)29-18/h3-10H,2,11H2,1H3,(H,23,26)(H,24,25);3-10H,2H2,1H3,(H,25,26). The molecule has 0 atom stereocenters. The van der Waals surface area contributed by atoms with Crippen LogP contribution >= 0.6 is 0 Å². The van der Waals surface area contributed by atoms with Gasteiger partial charge in [0.1, 0.15) is 33.8 Å². The zero-order valence-electron chi connectivity index (χ0n) is 31.4. The van der Waals surface area contributed by atoms with Crippen molar-refractivity contribution in [1.82, 2.24) is 9.97 Å². The number of fused-ring (bicyclic) bond motifs is 6. The Labute approximate surface area is 334 Å². The third kappa shape index (κ3) is 8.00. The summed E-state index contributed by atoms with van der Waals surface area (Å²) in [6, 6.07) is 25.4. The van der Waals surface area contributed by atoms with Gasteiger partial charge >= 0.3 is 24.3 Å². The lowest BCUT2D eigenvalue weighted by Gasteiger charge is -2.13. The fourth-order valence-electron chi connectivity index (χ4n) is 6.59. The first-order valence-electron chi connectivity index (χ1n) is 18.1. The first kappa shape index (κ1) is 40.4. The van der Waals surface area contributed by atoms with Crippen molar-refractivity contribution in [2.75, 3.05) is 19.8 Å². The lowest BCUT2D eigenvalue weighted by atomic mass is 9.98. The molecular weight excluding hydrogens is 793 g/mol. The van der Waals surface area contributed by atoms with Gasteiger partial charge in [0, 0.05) is 21.9 Å². The molecular formula is C43H31F3N2O12. The number of rotatable bonds is 10. The minimum Gasteiger partial charge on any atom is -0.481 e. The summed E-state index contributed by atoms with van der Waals surface area (Å²) >= 11 is 0. The lowest BCUT2D eigenvalue weighted by molar-refractivity contribution is -0.274. The van der Waals surface area contributed by atoms with Crippen molar-refractivity contribution >= 4 is 62.0 Å². The molecule has 0 fully saturated rings. The van der Waals surface area contributed by atoms with E-state index in [0.717, 1.165) is 12.1 Å². The van der Waals surface area contributed by atoms with Crippen LogP contribution in [0.4, 0.5) is 13.2 Å². The number of H-pyrrole nitrogens is 2. The van der Waals surface area contributed by atoms with Crippen LogP contribution in [0.5, 0.6) is 11.5 Å². The van der Waals surface area contributed by atoms with Crippen molar-refractivity contribution in [3.63, 3.8) is 0 Å². The molecule has 0 amide bonds. The number of halogens is 3. The van der Waals surface area contributed by atoms with Gasteiger partial charge in [0.05, 0.1) is 29.8 Å². The summed E-state index contributed by atoms with van der Waals surface area (Å²) in [7, 11) is 0. The second-order valence-corrected chi connectivity index (χ2v) is 12.7. The molecule has 0 aliphatic heterocycles. The highest BCUT2D eigenvalue weighted by Crippen LogP contribution is 2.40. The molecule has 0 bridgehead atoms. The molecule has 60 heavy (non-hydrogen) atoms. The zero-order valence-corrected chi connectivity index (χ0v) is 31.4. The number of aromatic amines is 2. The van der Waals surface area contributed by atoms with Gasteiger partial charge in [-0.2, -0.15) is 0 Å². The van der Waals surface area contributed by atoms with Gasteiger partial charge in [-0.15, -0.1) is 13.2 Å². The number of ether oxygens (including phenoxy) is 4. The maximum atomic E-state index is 12.9. The fourth-order valence-corrected chi connectivity index (χ4v) is 6.59. The van der Waals surface area contributed by atoms with Crippen molar-refractivity contribution in [2.24, 2.45) is 0 Å². The Morgan fingerprint density at radius 1 is 0.667 bits per heavy atom. The van der Waals surface area contributed by atoms with Crippen molar-refractivity contribution in [3.05, 3.63) is 129 Å². The van der Waals surface area contributed by atoms with Gasteiger partial charge in [0.2, 0.25) is 0 Å². The Morgan fingerprint density at radius 2 is 1.15 bits per heavy atom. The molecule has 4 heterocycles. The summed E-state index contributed by atoms with van der Waals surface area (Å²) in [5.41, 5.74) is 1.34. The molecule has 17 heteroatoms. The molecule has 0 spiro atoms. The third-order valence-corrected chi connectivity index (χ3v) is 8.92. The second kappa shape index (κ2) is 16.6. The number of pyridine rings is 2. The number of alkyl halides is 3. The van der Waals surface area contributed by atoms with Gasteiger partial charge in [0.15, 0.2) is 17.8 Å². The molecule has 0 unspecified atom stereocenters. The molecule has 3 N–H and O–H groups in total. The fraction of sp³-hybridized carbons (Fsp3) is 0.140. The number of para-hydroxylation sites is 3. The number of aliphatic carboxylic acids is 1. The molecule has 4 aromatic heterocycles. The van der Waals surface area contributed by atoms with E-state index in [1.54, 1.807) is 86.6 Å². The minimum absolute atomic E-state index is 0.0360. The average molecular weight is 825 g/mol. The number of carboxylic acids is 1. The van der Waals surface area contributed by atoms with Crippen LogP contribution in [-0.2, 0) is 14.3 Å². The summed E-state index contributed by atoms with van der Waals surface area (Å²) in [4.78, 5) is 67.2. The van der Waals surface area contributed by atoms with Crippen LogP contribution < -0.4 is 20.6 Å². The molecule has 0 saturated carbocycles. The van der Waals surface area contributed by atoms with Gasteiger partial charge < -0.3 is 42.9 Å². The topological polar surface area (TPSA) is 200 Å². The van der Waals surface area contributed by atoms with Crippen LogP contribution in [0.2, 0.25) is 0 Å². The normalized spacial score (nSPS) is 11.3. The first-order chi connectivity index (χ1) is 28.8. The van der Waals surface area contributed by atoms with Crippen LogP contribution in [0.15, 0.2) is 115 Å². The van der Waals surface area contributed by atoms with Crippen LogP contribution in [0, 0.1) is 0 Å². The van der Waals surface area contributed by atoms with Crippen LogP contribution in [0.3, 0.4) is 0 Å². The van der Waals surface area contributed by atoms with Gasteiger partial charge in [-0.1, -0.05) is 54.6 Å². The lowest BCUT2D eigenvalue weighted by Crippen LogP contribution is -2.21. The number of carboxylic acid groups (broad SMARTS) is 1. The maximum absolute atomic E-state index is 12.9. The number of hydrogen-bond donors (Lipinski definition) is 3. The zero-order chi connectivity index (χ0) is 42.7. The number of esters is 2. The summed E-state index contributed by atoms with van der Waals surface area (Å²) in [5.74, 6) is -3.08. The second-order valence-electron chi connectivity index (χ2n) is 12.7. The highest BCUT2D eigenvalue weighted by molar-refractivity contribution is 6.13. The Kier molecular flexibility index (Phi) is 11.2. The molecule has 4 aromatic carbocycles. The highest BCUT2D eigenvalue weighted by Gasteiger charge is 2.32. The van der Waals surface area contributed by atoms with Crippen molar-refractivity contribution in [2.45, 2.75) is 20.2 Å². The number of hydrogen-bond acceptors (Lipinski definition) is 11. The number of carbonyl (C=O) groups is 3. The highest BCUT2D eigenvalue weighted by atomic mass is 19.4. The Morgan fingerprint density at radius 3 is 1.67 bits per heavy atom. The molecule has 0 saturated heterocycles. The van der Waals surface area contributed by atoms with E-state index >= 15 is 0 Å². The van der Waals surface area contributed by atoms with E-state index in [2.05, 4.69) is 14.7 Å². The van der Waals surface area contributed by atoms with E-state index in [1.807, 2.05) is 0 Å². The maximum Gasteiger partial charge on any atom is 0.573 e. The molecule has 306 valence electrons. The molecule has 14 nitrogen and oxygen atoms in total. The van der Waals surface area contributed by atoms with Crippen molar-refractivity contribution in [1.29, 1.82) is 0 Å². The molecule has 0 aliphatic carbocycles. The summed E-state index contributed by atoms with van der Waals surface area (Å²) < 4.78 is 68.6. The van der Waals surface area contributed by atoms with Crippen molar-refractivity contribution in [3.8, 4) is 33.8 Å². The van der Waals surface area contributed by atoms with E-state index in [-0.39, 0.29) is 52.4 Å². The van der Waals surface area contributed by atoms with Gasteiger partial charge in [-0.3, -0.25) is 9.59 Å². The predicted molar refractivity (Wildman–Crippen MR) is 211 cm³/mol. The van der Waals surface area contributed by atoms with Gasteiger partial charge in [-0.25, -0.2) is 14.4 Å². The van der Waals surface area contributed by atoms with Gasteiger partial charge in [-0.05, 0) is 61.9 Å². The van der Waals surface area contributed by atoms with Crippen LogP contribution in [0.25, 0.3) is 66.4 Å². The quantitative estimate of drug-likeness (QED) is 0.111. The first-order valence-corrected chi connectivity index (χ1v) is 18.1. The minimum atomic E-state index is -4.84. The van der Waals surface area contributed by atoms with Crippen LogP contribution in [-0.4, -0.2) is 59.2 Å². The van der Waals surface area contributed by atoms with E-state index in [1.165, 1.54) is 12.1 Å². The molecule has 8 rings (SSSR count). The predicted octanol–water partition coefficient (Wildman–Crippen LogP) is 8.60. The largest absolute Gasteiger partial charge is 0.573 e. The monoisotopic (exact) mass is 824 g/mol. The van der Waals surface area contributed by atoms with E-state index < -0.39 is 47.7 Å². The number of nitrogens with one attached hydrogen (secondary N) is 2. The SMILES string of the molecule is CCOC(=O)c1c(-c2ccc(OC(F)(F)F)cc2)c2oc3ccccc3c2[nH]c1=O.CCOC(=O)c1c(-c2ccccc2OCC(=O)O)c2oc3ccccc3c2[nH]c1=O.